The summed E-state index contributed by atoms with van der Waals surface area (Å²) in [5, 5.41) is 3.57. The molecule has 3 nitrogen and oxygen atoms in total. The van der Waals surface area contributed by atoms with Crippen molar-refractivity contribution in [2.45, 2.75) is 19.0 Å². The van der Waals surface area contributed by atoms with Crippen molar-refractivity contribution in [2.75, 3.05) is 25.7 Å². The third-order valence-electron chi connectivity index (χ3n) is 3.01. The number of hydrogen-bond acceptors (Lipinski definition) is 4. The van der Waals surface area contributed by atoms with E-state index in [1.807, 2.05) is 23.9 Å². The highest BCUT2D eigenvalue weighted by atomic mass is 32.2. The predicted octanol–water partition coefficient (Wildman–Crippen LogP) is 2.30. The van der Waals surface area contributed by atoms with Crippen LogP contribution in [0.15, 0.2) is 18.2 Å². The number of methoxy groups -OCH3 is 2. The van der Waals surface area contributed by atoms with E-state index < -0.39 is 0 Å². The standard InChI is InChI=1S/C13H19NO2S/c1-15-12-4-3-10(13(7-12)16-2)8-14-11-5-6-17-9-11/h3-4,7,11,14H,5-6,8-9H2,1-2H3. The van der Waals surface area contributed by atoms with Crippen LogP contribution in [-0.2, 0) is 6.54 Å². The molecule has 1 saturated heterocycles. The number of hydrogen-bond donors (Lipinski definition) is 1. The van der Waals surface area contributed by atoms with Crippen LogP contribution in [0.3, 0.4) is 0 Å². The minimum absolute atomic E-state index is 0.645. The Morgan fingerprint density at radius 1 is 1.35 bits per heavy atom. The summed E-state index contributed by atoms with van der Waals surface area (Å²) in [6.07, 6.45) is 1.27. The van der Waals surface area contributed by atoms with E-state index in [2.05, 4.69) is 11.4 Å². The number of nitrogens with one attached hydrogen (secondary N) is 1. The molecule has 1 heterocycles. The summed E-state index contributed by atoms with van der Waals surface area (Å²) in [6, 6.07) is 6.61. The van der Waals surface area contributed by atoms with Crippen LogP contribution in [0, 0.1) is 0 Å². The summed E-state index contributed by atoms with van der Waals surface area (Å²) in [7, 11) is 3.37. The Hall–Kier alpha value is -0.870. The van der Waals surface area contributed by atoms with Gasteiger partial charge < -0.3 is 14.8 Å². The fourth-order valence-corrected chi connectivity index (χ4v) is 3.13. The largest absolute Gasteiger partial charge is 0.497 e. The first-order valence-corrected chi connectivity index (χ1v) is 7.01. The first-order chi connectivity index (χ1) is 8.33. The van der Waals surface area contributed by atoms with E-state index in [1.165, 1.54) is 23.5 Å². The van der Waals surface area contributed by atoms with E-state index in [9.17, 15) is 0 Å². The van der Waals surface area contributed by atoms with Gasteiger partial charge in [0.15, 0.2) is 0 Å². The van der Waals surface area contributed by atoms with Gasteiger partial charge >= 0.3 is 0 Å². The van der Waals surface area contributed by atoms with E-state index in [0.717, 1.165) is 18.0 Å². The first-order valence-electron chi connectivity index (χ1n) is 5.85. The molecule has 0 amide bonds. The van der Waals surface area contributed by atoms with Gasteiger partial charge in [-0.2, -0.15) is 11.8 Å². The maximum Gasteiger partial charge on any atom is 0.127 e. The zero-order valence-corrected chi connectivity index (χ0v) is 11.2. The summed E-state index contributed by atoms with van der Waals surface area (Å²) in [4.78, 5) is 0. The Morgan fingerprint density at radius 2 is 2.24 bits per heavy atom. The van der Waals surface area contributed by atoms with E-state index in [1.54, 1.807) is 14.2 Å². The molecule has 0 saturated carbocycles. The molecule has 94 valence electrons. The lowest BCUT2D eigenvalue weighted by atomic mass is 10.1. The lowest BCUT2D eigenvalue weighted by Crippen LogP contribution is -2.28. The quantitative estimate of drug-likeness (QED) is 0.872. The van der Waals surface area contributed by atoms with Gasteiger partial charge in [-0.05, 0) is 18.2 Å². The summed E-state index contributed by atoms with van der Waals surface area (Å²) < 4.78 is 10.6. The van der Waals surface area contributed by atoms with Crippen LogP contribution >= 0.6 is 11.8 Å². The van der Waals surface area contributed by atoms with Gasteiger partial charge in [-0.3, -0.25) is 0 Å². The van der Waals surface area contributed by atoms with Crippen LogP contribution in [0.1, 0.15) is 12.0 Å². The maximum absolute atomic E-state index is 5.38. The fourth-order valence-electron chi connectivity index (χ4n) is 1.95. The normalized spacial score (nSPS) is 19.3. The topological polar surface area (TPSA) is 30.5 Å². The second kappa shape index (κ2) is 6.17. The maximum atomic E-state index is 5.38. The first kappa shape index (κ1) is 12.6. The highest BCUT2D eigenvalue weighted by Crippen LogP contribution is 2.25. The third-order valence-corrected chi connectivity index (χ3v) is 4.17. The predicted molar refractivity (Wildman–Crippen MR) is 72.1 cm³/mol. The van der Waals surface area contributed by atoms with Crippen LogP contribution in [0.4, 0.5) is 0 Å². The summed E-state index contributed by atoms with van der Waals surface area (Å²) >= 11 is 2.02. The molecule has 1 fully saturated rings. The molecule has 2 rings (SSSR count). The summed E-state index contributed by atoms with van der Waals surface area (Å²) in [5.41, 5.74) is 1.19. The molecule has 0 aliphatic carbocycles. The van der Waals surface area contributed by atoms with Crippen LogP contribution in [-0.4, -0.2) is 31.8 Å². The molecule has 1 aliphatic rings. The molecule has 17 heavy (non-hydrogen) atoms. The SMILES string of the molecule is COc1ccc(CNC2CCSC2)c(OC)c1. The van der Waals surface area contributed by atoms with Crippen molar-refractivity contribution in [3.05, 3.63) is 23.8 Å². The molecule has 4 heteroatoms. The van der Waals surface area contributed by atoms with Crippen molar-refractivity contribution < 1.29 is 9.47 Å². The Bertz CT molecular complexity index is 364. The Morgan fingerprint density at radius 3 is 2.88 bits per heavy atom. The monoisotopic (exact) mass is 253 g/mol. The van der Waals surface area contributed by atoms with Crippen LogP contribution in [0.25, 0.3) is 0 Å². The van der Waals surface area contributed by atoms with Crippen molar-refractivity contribution >= 4 is 11.8 Å². The number of rotatable bonds is 5. The highest BCUT2D eigenvalue weighted by molar-refractivity contribution is 7.99. The van der Waals surface area contributed by atoms with Gasteiger partial charge in [0, 0.05) is 30.0 Å². The van der Waals surface area contributed by atoms with Gasteiger partial charge in [-0.25, -0.2) is 0 Å². The third kappa shape index (κ3) is 3.30. The molecule has 1 aromatic rings. The average molecular weight is 253 g/mol. The van der Waals surface area contributed by atoms with E-state index in [0.29, 0.717) is 6.04 Å². The zero-order valence-electron chi connectivity index (χ0n) is 10.4. The number of thioether (sulfide) groups is 1. The zero-order chi connectivity index (χ0) is 12.1. The summed E-state index contributed by atoms with van der Waals surface area (Å²) in [6.45, 7) is 0.860. The fraction of sp³-hybridized carbons (Fsp3) is 0.538. The van der Waals surface area contributed by atoms with Gasteiger partial charge in [0.05, 0.1) is 14.2 Å². The molecule has 0 aromatic heterocycles. The lowest BCUT2D eigenvalue weighted by Gasteiger charge is -2.14. The second-order valence-corrected chi connectivity index (χ2v) is 5.27. The number of ether oxygens (including phenoxy) is 2. The van der Waals surface area contributed by atoms with Crippen LogP contribution < -0.4 is 14.8 Å². The Kier molecular flexibility index (Phi) is 4.57. The van der Waals surface area contributed by atoms with Crippen molar-refractivity contribution in [2.24, 2.45) is 0 Å². The van der Waals surface area contributed by atoms with Crippen molar-refractivity contribution in [3.63, 3.8) is 0 Å². The molecule has 0 bridgehead atoms. The van der Waals surface area contributed by atoms with Crippen LogP contribution in [0.5, 0.6) is 11.5 Å². The highest BCUT2D eigenvalue weighted by Gasteiger charge is 2.15. The van der Waals surface area contributed by atoms with Gasteiger partial charge in [0.2, 0.25) is 0 Å². The molecular formula is C13H19NO2S. The molecule has 1 N–H and O–H groups in total. The summed E-state index contributed by atoms with van der Waals surface area (Å²) in [5.74, 6) is 4.22. The molecule has 1 unspecified atom stereocenters. The Balaban J connectivity index is 1.98. The van der Waals surface area contributed by atoms with Crippen LogP contribution in [0.2, 0.25) is 0 Å². The van der Waals surface area contributed by atoms with Gasteiger partial charge in [0.1, 0.15) is 11.5 Å². The molecule has 0 radical (unpaired) electrons. The second-order valence-electron chi connectivity index (χ2n) is 4.12. The molecular weight excluding hydrogens is 234 g/mol. The molecule has 1 atom stereocenters. The van der Waals surface area contributed by atoms with E-state index >= 15 is 0 Å². The van der Waals surface area contributed by atoms with Gasteiger partial charge in [-0.15, -0.1) is 0 Å². The molecule has 0 spiro atoms. The minimum Gasteiger partial charge on any atom is -0.497 e. The lowest BCUT2D eigenvalue weighted by molar-refractivity contribution is 0.389. The number of benzene rings is 1. The van der Waals surface area contributed by atoms with Crippen molar-refractivity contribution in [1.29, 1.82) is 0 Å². The Labute approximate surface area is 107 Å². The average Bonchev–Trinajstić information content (AvgIpc) is 2.89. The van der Waals surface area contributed by atoms with Crippen molar-refractivity contribution in [1.82, 2.24) is 5.32 Å². The van der Waals surface area contributed by atoms with Gasteiger partial charge in [-0.1, -0.05) is 6.07 Å². The van der Waals surface area contributed by atoms with E-state index in [-0.39, 0.29) is 0 Å². The minimum atomic E-state index is 0.645. The smallest absolute Gasteiger partial charge is 0.127 e. The molecule has 1 aromatic carbocycles. The van der Waals surface area contributed by atoms with Gasteiger partial charge in [0.25, 0.3) is 0 Å². The molecule has 1 aliphatic heterocycles. The van der Waals surface area contributed by atoms with E-state index in [4.69, 9.17) is 9.47 Å². The van der Waals surface area contributed by atoms with Crippen molar-refractivity contribution in [3.8, 4) is 11.5 Å².